The van der Waals surface area contributed by atoms with Crippen LogP contribution in [0.15, 0.2) is 54.9 Å². The summed E-state index contributed by atoms with van der Waals surface area (Å²) < 4.78 is 0. The topological polar surface area (TPSA) is 87.7 Å². The molecule has 23 heavy (non-hydrogen) atoms. The molecule has 4 N–H and O–H groups in total. The van der Waals surface area contributed by atoms with Crippen molar-refractivity contribution in [3.05, 3.63) is 66.1 Å². The molecule has 0 atom stereocenters. The third-order valence-corrected chi connectivity index (χ3v) is 3.45. The van der Waals surface area contributed by atoms with E-state index in [0.29, 0.717) is 5.69 Å². The van der Waals surface area contributed by atoms with Gasteiger partial charge in [-0.25, -0.2) is 4.98 Å². The van der Waals surface area contributed by atoms with Crippen LogP contribution in [0.2, 0.25) is 0 Å². The zero-order valence-corrected chi connectivity index (χ0v) is 12.7. The molecule has 0 saturated heterocycles. The molecule has 2 aromatic heterocycles. The first-order chi connectivity index (χ1) is 11.2. The van der Waals surface area contributed by atoms with Crippen LogP contribution in [0.4, 0.5) is 17.2 Å². The van der Waals surface area contributed by atoms with Crippen molar-refractivity contribution in [2.75, 3.05) is 11.1 Å². The highest BCUT2D eigenvalue weighted by atomic mass is 15.0. The lowest BCUT2D eigenvalue weighted by molar-refractivity contribution is 1.20. The zero-order chi connectivity index (χ0) is 16.2. The molecule has 3 rings (SSSR count). The molecule has 5 nitrogen and oxygen atoms in total. The van der Waals surface area contributed by atoms with Gasteiger partial charge in [0.25, 0.3) is 0 Å². The van der Waals surface area contributed by atoms with Gasteiger partial charge in [0.15, 0.2) is 0 Å². The van der Waals surface area contributed by atoms with Gasteiger partial charge < -0.3 is 16.5 Å². The van der Waals surface area contributed by atoms with E-state index in [0.717, 1.165) is 33.9 Å². The molecule has 0 unspecified atom stereocenters. The maximum absolute atomic E-state index is 7.58. The Kier molecular flexibility index (Phi) is 4.01. The fourth-order valence-electron chi connectivity index (χ4n) is 2.34. The molecule has 0 saturated carbocycles. The number of aromatic nitrogens is 2. The second kappa shape index (κ2) is 6.27. The summed E-state index contributed by atoms with van der Waals surface area (Å²) in [6, 6.07) is 13.5. The monoisotopic (exact) mass is 303 g/mol. The van der Waals surface area contributed by atoms with Gasteiger partial charge in [0, 0.05) is 41.1 Å². The van der Waals surface area contributed by atoms with Crippen LogP contribution in [0.25, 0.3) is 11.1 Å². The number of nitrogen functional groups attached to an aromatic ring is 1. The summed E-state index contributed by atoms with van der Waals surface area (Å²) in [5.74, 6) is 0.746. The Labute approximate surface area is 134 Å². The van der Waals surface area contributed by atoms with Crippen molar-refractivity contribution >= 4 is 23.4 Å². The van der Waals surface area contributed by atoms with E-state index < -0.39 is 0 Å². The minimum Gasteiger partial charge on any atom is -0.397 e. The minimum absolute atomic E-state index is 0.619. The number of nitrogens with two attached hydrogens (primary N) is 1. The number of pyridine rings is 2. The highest BCUT2D eigenvalue weighted by Crippen LogP contribution is 2.27. The predicted octanol–water partition coefficient (Wildman–Crippen LogP) is 3.78. The van der Waals surface area contributed by atoms with Crippen LogP contribution >= 0.6 is 0 Å². The van der Waals surface area contributed by atoms with Crippen molar-refractivity contribution in [2.24, 2.45) is 0 Å². The van der Waals surface area contributed by atoms with Crippen molar-refractivity contribution in [1.82, 2.24) is 9.97 Å². The quantitative estimate of drug-likeness (QED) is 0.640. The number of hydrogen-bond donors (Lipinski definition) is 3. The van der Waals surface area contributed by atoms with Gasteiger partial charge in [0.2, 0.25) is 0 Å². The summed E-state index contributed by atoms with van der Waals surface area (Å²) in [5.41, 5.74) is 10.9. The summed E-state index contributed by atoms with van der Waals surface area (Å²) in [6.45, 7) is 1.94. The Morgan fingerprint density at radius 3 is 2.70 bits per heavy atom. The highest BCUT2D eigenvalue weighted by Gasteiger charge is 2.06. The van der Waals surface area contributed by atoms with Crippen molar-refractivity contribution < 1.29 is 0 Å². The Hall–Kier alpha value is -3.21. The average molecular weight is 303 g/mol. The molecular weight excluding hydrogens is 286 g/mol. The molecule has 114 valence electrons. The summed E-state index contributed by atoms with van der Waals surface area (Å²) >= 11 is 0. The van der Waals surface area contributed by atoms with Gasteiger partial charge in [-0.3, -0.25) is 4.98 Å². The molecule has 1 aromatic carbocycles. The first-order valence-electron chi connectivity index (χ1n) is 7.22. The molecule has 5 heteroatoms. The number of benzene rings is 1. The van der Waals surface area contributed by atoms with E-state index in [1.54, 1.807) is 12.4 Å². The number of nitrogens with zero attached hydrogens (tertiary/aromatic N) is 2. The molecule has 0 fully saturated rings. The van der Waals surface area contributed by atoms with E-state index in [-0.39, 0.29) is 0 Å². The number of anilines is 3. The molecular formula is C18H17N5. The van der Waals surface area contributed by atoms with Crippen molar-refractivity contribution in [3.8, 4) is 11.1 Å². The Morgan fingerprint density at radius 2 is 1.96 bits per heavy atom. The second-order valence-electron chi connectivity index (χ2n) is 5.24. The van der Waals surface area contributed by atoms with Crippen LogP contribution in [0.1, 0.15) is 11.3 Å². The number of aryl methyl sites for hydroxylation is 1. The lowest BCUT2D eigenvalue weighted by Crippen LogP contribution is -1.99. The van der Waals surface area contributed by atoms with Crippen molar-refractivity contribution in [3.63, 3.8) is 0 Å². The largest absolute Gasteiger partial charge is 0.397 e. The van der Waals surface area contributed by atoms with Gasteiger partial charge in [-0.2, -0.15) is 0 Å². The van der Waals surface area contributed by atoms with Crippen LogP contribution in [0.5, 0.6) is 0 Å². The average Bonchev–Trinajstić information content (AvgIpc) is 2.55. The van der Waals surface area contributed by atoms with Gasteiger partial charge in [-0.15, -0.1) is 0 Å². The van der Waals surface area contributed by atoms with E-state index in [2.05, 4.69) is 15.3 Å². The third kappa shape index (κ3) is 3.35. The number of rotatable bonds is 4. The van der Waals surface area contributed by atoms with E-state index >= 15 is 0 Å². The Morgan fingerprint density at radius 1 is 1.09 bits per heavy atom. The maximum atomic E-state index is 7.58. The van der Waals surface area contributed by atoms with Crippen LogP contribution in [0.3, 0.4) is 0 Å². The predicted molar refractivity (Wildman–Crippen MR) is 94.2 cm³/mol. The summed E-state index contributed by atoms with van der Waals surface area (Å²) in [5, 5.41) is 10.9. The van der Waals surface area contributed by atoms with E-state index in [4.69, 9.17) is 11.1 Å². The Bertz CT molecular complexity index is 858. The number of nitrogens with one attached hydrogen (secondary N) is 2. The lowest BCUT2D eigenvalue weighted by Gasteiger charge is -2.12. The van der Waals surface area contributed by atoms with Crippen molar-refractivity contribution in [1.29, 1.82) is 5.41 Å². The van der Waals surface area contributed by atoms with E-state index in [1.807, 2.05) is 49.4 Å². The van der Waals surface area contributed by atoms with Gasteiger partial charge >= 0.3 is 0 Å². The lowest BCUT2D eigenvalue weighted by atomic mass is 10.0. The van der Waals surface area contributed by atoms with Gasteiger partial charge in [0.05, 0.1) is 5.69 Å². The Balaban J connectivity index is 2.01. The second-order valence-corrected chi connectivity index (χ2v) is 5.24. The van der Waals surface area contributed by atoms with Gasteiger partial charge in [-0.05, 0) is 36.8 Å². The molecule has 0 bridgehead atoms. The van der Waals surface area contributed by atoms with Crippen LogP contribution in [-0.4, -0.2) is 16.2 Å². The molecule has 0 spiro atoms. The number of hydrogen-bond acceptors (Lipinski definition) is 5. The normalized spacial score (nSPS) is 10.3. The first kappa shape index (κ1) is 14.7. The SMILES string of the molecule is Cc1cccc(Nc2cc(-c3cncc(N)c3)ccc2C=N)n1. The molecule has 0 radical (unpaired) electrons. The van der Waals surface area contributed by atoms with Crippen LogP contribution in [-0.2, 0) is 0 Å². The first-order valence-corrected chi connectivity index (χ1v) is 7.22. The minimum atomic E-state index is 0.619. The summed E-state index contributed by atoms with van der Waals surface area (Å²) in [4.78, 5) is 8.57. The van der Waals surface area contributed by atoms with E-state index in [1.165, 1.54) is 6.21 Å². The fourth-order valence-corrected chi connectivity index (χ4v) is 2.34. The van der Waals surface area contributed by atoms with Crippen LogP contribution < -0.4 is 11.1 Å². The summed E-state index contributed by atoms with van der Waals surface area (Å²) in [7, 11) is 0. The highest BCUT2D eigenvalue weighted by molar-refractivity contribution is 5.89. The van der Waals surface area contributed by atoms with E-state index in [9.17, 15) is 0 Å². The standard InChI is InChI=1S/C18H17N5/c1-12-3-2-4-18(22-12)23-17-8-13(5-6-14(17)9-19)15-7-16(20)11-21-10-15/h2-11,19H,20H2,1H3,(H,22,23). The van der Waals surface area contributed by atoms with Gasteiger partial charge in [0.1, 0.15) is 5.82 Å². The zero-order valence-electron chi connectivity index (χ0n) is 12.7. The molecule has 3 aromatic rings. The molecule has 0 amide bonds. The molecule has 0 aliphatic rings. The maximum Gasteiger partial charge on any atom is 0.130 e. The summed E-state index contributed by atoms with van der Waals surface area (Å²) in [6.07, 6.45) is 4.70. The van der Waals surface area contributed by atoms with Crippen LogP contribution in [0, 0.1) is 12.3 Å². The fraction of sp³-hybridized carbons (Fsp3) is 0.0556. The molecule has 0 aliphatic carbocycles. The smallest absolute Gasteiger partial charge is 0.130 e. The third-order valence-electron chi connectivity index (χ3n) is 3.45. The van der Waals surface area contributed by atoms with Crippen molar-refractivity contribution in [2.45, 2.75) is 6.92 Å². The van der Waals surface area contributed by atoms with Gasteiger partial charge in [-0.1, -0.05) is 18.2 Å². The molecule has 2 heterocycles. The molecule has 0 aliphatic heterocycles.